The van der Waals surface area contributed by atoms with Gasteiger partial charge in [0.05, 0.1) is 16.7 Å². The number of pyridine rings is 1. The Hall–Kier alpha value is -4.57. The SMILES string of the molecule is N#Cc1c(C=Cc2ccccc2OC(F)F)cc(-c2cccc(F)c2)n2c1nc1ccccc12. The molecule has 34 heavy (non-hydrogen) atoms. The molecule has 0 bridgehead atoms. The van der Waals surface area contributed by atoms with E-state index in [9.17, 15) is 18.4 Å². The van der Waals surface area contributed by atoms with Gasteiger partial charge in [-0.15, -0.1) is 0 Å². The standard InChI is InChI=1S/C27H16F3N3O/c28-20-8-5-7-19(14-20)24-15-18(13-12-17-6-1-4-11-25(17)34-27(29)30)21(16-31)26-32-22-9-2-3-10-23(22)33(24)26/h1-15,27H. The number of nitriles is 1. The van der Waals surface area contributed by atoms with Crippen LogP contribution in [0.15, 0.2) is 78.9 Å². The normalized spacial score (nSPS) is 11.5. The lowest BCUT2D eigenvalue weighted by atomic mass is 10.0. The Labute approximate surface area is 192 Å². The molecular formula is C27H16F3N3O. The van der Waals surface area contributed by atoms with Crippen molar-refractivity contribution in [1.29, 1.82) is 5.26 Å². The zero-order valence-corrected chi connectivity index (χ0v) is 17.6. The number of rotatable bonds is 5. The van der Waals surface area contributed by atoms with Gasteiger partial charge in [0.25, 0.3) is 0 Å². The summed E-state index contributed by atoms with van der Waals surface area (Å²) in [4.78, 5) is 4.66. The van der Waals surface area contributed by atoms with E-state index in [1.165, 1.54) is 18.2 Å². The first kappa shape index (κ1) is 21.3. The van der Waals surface area contributed by atoms with Gasteiger partial charge in [0, 0.05) is 11.1 Å². The van der Waals surface area contributed by atoms with Crippen molar-refractivity contribution >= 4 is 28.8 Å². The van der Waals surface area contributed by atoms with Gasteiger partial charge in [0.1, 0.15) is 23.2 Å². The number of halogens is 3. The third-order valence-electron chi connectivity index (χ3n) is 5.42. The third kappa shape index (κ3) is 3.86. The molecule has 2 heterocycles. The predicted molar refractivity (Wildman–Crippen MR) is 125 cm³/mol. The molecule has 4 nitrogen and oxygen atoms in total. The molecule has 0 saturated heterocycles. The molecule has 7 heteroatoms. The highest BCUT2D eigenvalue weighted by Gasteiger charge is 2.17. The van der Waals surface area contributed by atoms with Crippen LogP contribution >= 0.6 is 0 Å². The van der Waals surface area contributed by atoms with Crippen LogP contribution in [0.5, 0.6) is 5.75 Å². The summed E-state index contributed by atoms with van der Waals surface area (Å²) >= 11 is 0. The monoisotopic (exact) mass is 455 g/mol. The molecule has 0 aliphatic rings. The molecule has 0 atom stereocenters. The number of alkyl halides is 2. The summed E-state index contributed by atoms with van der Waals surface area (Å²) in [5, 5.41) is 10.00. The molecule has 0 N–H and O–H groups in total. The Morgan fingerprint density at radius 2 is 1.68 bits per heavy atom. The number of fused-ring (bicyclic) bond motifs is 3. The number of ether oxygens (including phenoxy) is 1. The lowest BCUT2D eigenvalue weighted by molar-refractivity contribution is -0.0499. The number of nitrogens with zero attached hydrogens (tertiary/aromatic N) is 3. The maximum atomic E-state index is 14.1. The molecule has 0 radical (unpaired) electrons. The van der Waals surface area contributed by atoms with E-state index in [-0.39, 0.29) is 5.75 Å². The highest BCUT2D eigenvalue weighted by Crippen LogP contribution is 2.32. The molecule has 3 aromatic carbocycles. The van der Waals surface area contributed by atoms with Crippen LogP contribution < -0.4 is 4.74 Å². The van der Waals surface area contributed by atoms with Gasteiger partial charge in [0.2, 0.25) is 0 Å². The fourth-order valence-electron chi connectivity index (χ4n) is 3.96. The summed E-state index contributed by atoms with van der Waals surface area (Å²) < 4.78 is 46.1. The molecule has 0 aliphatic carbocycles. The van der Waals surface area contributed by atoms with Crippen LogP contribution in [-0.4, -0.2) is 16.0 Å². The van der Waals surface area contributed by atoms with Crippen LogP contribution in [0.1, 0.15) is 16.7 Å². The summed E-state index contributed by atoms with van der Waals surface area (Å²) in [5.74, 6) is -0.375. The van der Waals surface area contributed by atoms with Crippen molar-refractivity contribution in [1.82, 2.24) is 9.38 Å². The Morgan fingerprint density at radius 1 is 0.912 bits per heavy atom. The van der Waals surface area contributed by atoms with E-state index < -0.39 is 12.4 Å². The van der Waals surface area contributed by atoms with Gasteiger partial charge >= 0.3 is 6.61 Å². The number of imidazole rings is 1. The van der Waals surface area contributed by atoms with Crippen molar-refractivity contribution in [3.63, 3.8) is 0 Å². The minimum Gasteiger partial charge on any atom is -0.434 e. The maximum Gasteiger partial charge on any atom is 0.387 e. The summed E-state index contributed by atoms with van der Waals surface area (Å²) in [6.45, 7) is -2.96. The first-order valence-corrected chi connectivity index (χ1v) is 10.4. The summed E-state index contributed by atoms with van der Waals surface area (Å²) in [6.07, 6.45) is 3.25. The number of hydrogen-bond donors (Lipinski definition) is 0. The van der Waals surface area contributed by atoms with Gasteiger partial charge in [-0.3, -0.25) is 4.40 Å². The van der Waals surface area contributed by atoms with Crippen molar-refractivity contribution in [3.05, 3.63) is 101 Å². The second kappa shape index (κ2) is 8.75. The van der Waals surface area contributed by atoms with Crippen LogP contribution in [-0.2, 0) is 0 Å². The minimum atomic E-state index is -2.96. The molecule has 0 fully saturated rings. The fraction of sp³-hybridized carbons (Fsp3) is 0.0370. The summed E-state index contributed by atoms with van der Waals surface area (Å²) in [6, 6.07) is 24.0. The van der Waals surface area contributed by atoms with Crippen LogP contribution in [0.4, 0.5) is 13.2 Å². The van der Waals surface area contributed by atoms with E-state index in [0.29, 0.717) is 39.1 Å². The van der Waals surface area contributed by atoms with Gasteiger partial charge in [-0.25, -0.2) is 9.37 Å². The highest BCUT2D eigenvalue weighted by atomic mass is 19.3. The van der Waals surface area contributed by atoms with E-state index in [2.05, 4.69) is 15.8 Å². The van der Waals surface area contributed by atoms with Crippen LogP contribution in [0.2, 0.25) is 0 Å². The van der Waals surface area contributed by atoms with Crippen LogP contribution in [0, 0.1) is 17.1 Å². The van der Waals surface area contributed by atoms with E-state index in [1.807, 2.05) is 28.7 Å². The Morgan fingerprint density at radius 3 is 2.47 bits per heavy atom. The van der Waals surface area contributed by atoms with Gasteiger partial charge in [0.15, 0.2) is 5.65 Å². The van der Waals surface area contributed by atoms with Gasteiger partial charge in [-0.05, 0) is 42.0 Å². The minimum absolute atomic E-state index is 0.0187. The molecule has 0 unspecified atom stereocenters. The number of para-hydroxylation sites is 3. The van der Waals surface area contributed by atoms with E-state index in [4.69, 9.17) is 0 Å². The Kier molecular flexibility index (Phi) is 5.48. The fourth-order valence-corrected chi connectivity index (χ4v) is 3.96. The van der Waals surface area contributed by atoms with Gasteiger partial charge < -0.3 is 4.74 Å². The molecule has 2 aromatic heterocycles. The lowest BCUT2D eigenvalue weighted by Crippen LogP contribution is -2.03. The topological polar surface area (TPSA) is 50.3 Å². The number of aromatic nitrogens is 2. The molecule has 5 rings (SSSR count). The smallest absolute Gasteiger partial charge is 0.387 e. The molecular weight excluding hydrogens is 439 g/mol. The molecule has 5 aromatic rings. The number of benzene rings is 3. The first-order valence-electron chi connectivity index (χ1n) is 10.4. The van der Waals surface area contributed by atoms with Gasteiger partial charge in [-0.2, -0.15) is 14.0 Å². The first-order chi connectivity index (χ1) is 16.5. The quantitative estimate of drug-likeness (QED) is 0.289. The average molecular weight is 455 g/mol. The molecule has 0 spiro atoms. The van der Waals surface area contributed by atoms with E-state index in [0.717, 1.165) is 5.52 Å². The van der Waals surface area contributed by atoms with Gasteiger partial charge in [-0.1, -0.05) is 54.6 Å². The van der Waals surface area contributed by atoms with Crippen molar-refractivity contribution < 1.29 is 17.9 Å². The third-order valence-corrected chi connectivity index (χ3v) is 5.42. The molecule has 0 amide bonds. The average Bonchev–Trinajstić information content (AvgIpc) is 3.22. The summed E-state index contributed by atoms with van der Waals surface area (Å²) in [7, 11) is 0. The van der Waals surface area contributed by atoms with Crippen molar-refractivity contribution in [2.75, 3.05) is 0 Å². The Bertz CT molecular complexity index is 1600. The second-order valence-electron chi connectivity index (χ2n) is 7.49. The van der Waals surface area contributed by atoms with Crippen molar-refractivity contribution in [3.8, 4) is 23.1 Å². The molecule has 166 valence electrons. The van der Waals surface area contributed by atoms with Crippen LogP contribution in [0.3, 0.4) is 0 Å². The second-order valence-corrected chi connectivity index (χ2v) is 7.49. The number of hydrogen-bond acceptors (Lipinski definition) is 3. The highest BCUT2D eigenvalue weighted by molar-refractivity contribution is 5.89. The predicted octanol–water partition coefficient (Wildman–Crippen LogP) is 6.94. The zero-order chi connectivity index (χ0) is 23.7. The van der Waals surface area contributed by atoms with E-state index >= 15 is 0 Å². The van der Waals surface area contributed by atoms with E-state index in [1.54, 1.807) is 48.6 Å². The Balaban J connectivity index is 1.76. The molecule has 0 saturated carbocycles. The maximum absolute atomic E-state index is 14.1. The molecule has 0 aliphatic heterocycles. The van der Waals surface area contributed by atoms with Crippen molar-refractivity contribution in [2.45, 2.75) is 6.61 Å². The largest absolute Gasteiger partial charge is 0.434 e. The summed E-state index contributed by atoms with van der Waals surface area (Å²) in [5.41, 5.74) is 4.37. The zero-order valence-electron chi connectivity index (χ0n) is 17.6. The van der Waals surface area contributed by atoms with Crippen molar-refractivity contribution in [2.24, 2.45) is 0 Å². The lowest BCUT2D eigenvalue weighted by Gasteiger charge is -2.11. The van der Waals surface area contributed by atoms with Crippen LogP contribution in [0.25, 0.3) is 40.1 Å².